The van der Waals surface area contributed by atoms with Gasteiger partial charge in [-0.1, -0.05) is 12.1 Å². The molecule has 0 bridgehead atoms. The van der Waals surface area contributed by atoms with Gasteiger partial charge in [0.05, 0.1) is 13.2 Å². The van der Waals surface area contributed by atoms with Gasteiger partial charge in [0.1, 0.15) is 5.82 Å². The first-order valence-corrected chi connectivity index (χ1v) is 7.71. The van der Waals surface area contributed by atoms with Crippen LogP contribution in [0.5, 0.6) is 0 Å². The summed E-state index contributed by atoms with van der Waals surface area (Å²) in [5.41, 5.74) is -0.528. The number of rotatable bonds is 4. The van der Waals surface area contributed by atoms with Gasteiger partial charge in [0.2, 0.25) is 0 Å². The summed E-state index contributed by atoms with van der Waals surface area (Å²) < 4.78 is 13.0. The van der Waals surface area contributed by atoms with Crippen molar-refractivity contribution in [3.05, 3.63) is 35.6 Å². The number of benzene rings is 1. The van der Waals surface area contributed by atoms with Crippen LogP contribution in [0.25, 0.3) is 0 Å². The van der Waals surface area contributed by atoms with E-state index in [1.165, 1.54) is 12.1 Å². The zero-order chi connectivity index (χ0) is 15.6. The van der Waals surface area contributed by atoms with Crippen molar-refractivity contribution in [2.24, 2.45) is 0 Å². The Bertz CT molecular complexity index is 531. The maximum atomic E-state index is 13.0. The summed E-state index contributed by atoms with van der Waals surface area (Å²) in [5.74, 6) is -0.560. The van der Waals surface area contributed by atoms with Crippen LogP contribution in [-0.2, 0) is 16.2 Å². The van der Waals surface area contributed by atoms with Crippen molar-refractivity contribution in [1.29, 1.82) is 0 Å². The smallest absolute Gasteiger partial charge is 0.256 e. The zero-order valence-electron chi connectivity index (χ0n) is 12.5. The van der Waals surface area contributed by atoms with Crippen LogP contribution in [0.15, 0.2) is 24.3 Å². The first-order chi connectivity index (χ1) is 10.6. The molecule has 0 unspecified atom stereocenters. The lowest BCUT2D eigenvalue weighted by atomic mass is 9.91. The maximum Gasteiger partial charge on any atom is 0.256 e. The monoisotopic (exact) mass is 308 g/mol. The molecule has 0 spiro atoms. The van der Waals surface area contributed by atoms with Crippen LogP contribution in [0.3, 0.4) is 0 Å². The number of β-amino-alcohol motifs (C(OH)–C–C–N with tert-alkyl or cyclic N) is 1. The van der Waals surface area contributed by atoms with Crippen molar-refractivity contribution in [1.82, 2.24) is 9.96 Å². The van der Waals surface area contributed by atoms with Crippen LogP contribution in [-0.4, -0.2) is 52.8 Å². The van der Waals surface area contributed by atoms with E-state index in [0.29, 0.717) is 26.1 Å². The second-order valence-electron chi connectivity index (χ2n) is 6.04. The van der Waals surface area contributed by atoms with Crippen LogP contribution in [0.1, 0.15) is 24.8 Å². The summed E-state index contributed by atoms with van der Waals surface area (Å²) in [6, 6.07) is 6.10. The average Bonchev–Trinajstić information content (AvgIpc) is 2.99. The molecule has 1 N–H and O–H groups in total. The summed E-state index contributed by atoms with van der Waals surface area (Å²) in [7, 11) is 0. The Balaban J connectivity index is 1.67. The highest BCUT2D eigenvalue weighted by Gasteiger charge is 2.44. The molecular weight excluding hydrogens is 287 g/mol. The number of hydroxylamine groups is 2. The normalized spacial score (nSPS) is 26.6. The van der Waals surface area contributed by atoms with Crippen LogP contribution in [0.4, 0.5) is 4.39 Å². The quantitative estimate of drug-likeness (QED) is 0.911. The molecule has 0 radical (unpaired) electrons. The van der Waals surface area contributed by atoms with Crippen molar-refractivity contribution in [3.63, 3.8) is 0 Å². The highest BCUT2D eigenvalue weighted by molar-refractivity contribution is 5.86. The molecule has 1 aromatic rings. The Kier molecular flexibility index (Phi) is 4.42. The van der Waals surface area contributed by atoms with Crippen LogP contribution < -0.4 is 0 Å². The third-order valence-corrected chi connectivity index (χ3v) is 4.25. The Hall–Kier alpha value is -1.50. The van der Waals surface area contributed by atoms with Gasteiger partial charge >= 0.3 is 0 Å². The molecule has 0 aliphatic carbocycles. The lowest BCUT2D eigenvalue weighted by Crippen LogP contribution is -2.57. The average molecular weight is 308 g/mol. The number of hydrogen-bond acceptors (Lipinski definition) is 4. The lowest BCUT2D eigenvalue weighted by Gasteiger charge is -2.39. The summed E-state index contributed by atoms with van der Waals surface area (Å²) in [4.78, 5) is 19.7. The van der Waals surface area contributed by atoms with Gasteiger partial charge < -0.3 is 10.0 Å². The zero-order valence-corrected chi connectivity index (χ0v) is 12.5. The molecule has 0 aromatic heterocycles. The molecule has 120 valence electrons. The van der Waals surface area contributed by atoms with Gasteiger partial charge in [-0.05, 0) is 37.0 Å². The molecule has 1 aromatic carbocycles. The molecular formula is C16H21FN2O3. The Morgan fingerprint density at radius 3 is 2.68 bits per heavy atom. The van der Waals surface area contributed by atoms with Gasteiger partial charge in [0.15, 0.2) is 5.60 Å². The fourth-order valence-corrected chi connectivity index (χ4v) is 3.09. The Morgan fingerprint density at radius 2 is 2.00 bits per heavy atom. The van der Waals surface area contributed by atoms with E-state index < -0.39 is 5.60 Å². The number of piperidine rings is 1. The SMILES string of the molecule is O=C1N(Cc2ccc(F)cc2)CCC[C@@]1(O)CN1CCCO1. The Morgan fingerprint density at radius 1 is 1.23 bits per heavy atom. The number of carbonyl (C=O) groups excluding carboxylic acids is 1. The van der Waals surface area contributed by atoms with E-state index >= 15 is 0 Å². The fraction of sp³-hybridized carbons (Fsp3) is 0.562. The summed E-state index contributed by atoms with van der Waals surface area (Å²) in [6.45, 7) is 2.60. The predicted octanol–water partition coefficient (Wildman–Crippen LogP) is 1.32. The minimum atomic E-state index is -1.39. The molecule has 2 aliphatic rings. The standard InChI is InChI=1S/C16H21FN2O3/c17-14-5-3-13(4-6-14)11-18-8-1-7-16(21,15(18)20)12-19-9-2-10-22-19/h3-6,21H,1-2,7-12H2/t16-/m1/s1. The molecule has 2 saturated heterocycles. The Labute approximate surface area is 129 Å². The molecule has 2 aliphatic heterocycles. The van der Waals surface area contributed by atoms with Crippen molar-refractivity contribution < 1.29 is 19.1 Å². The predicted molar refractivity (Wildman–Crippen MR) is 78.1 cm³/mol. The number of carbonyl (C=O) groups is 1. The van der Waals surface area contributed by atoms with E-state index in [1.54, 1.807) is 22.1 Å². The number of likely N-dealkylation sites (tertiary alicyclic amines) is 1. The van der Waals surface area contributed by atoms with Gasteiger partial charge in [-0.15, -0.1) is 0 Å². The van der Waals surface area contributed by atoms with E-state index in [4.69, 9.17) is 4.84 Å². The van der Waals surface area contributed by atoms with Crippen LogP contribution in [0, 0.1) is 5.82 Å². The largest absolute Gasteiger partial charge is 0.379 e. The second-order valence-corrected chi connectivity index (χ2v) is 6.04. The molecule has 6 heteroatoms. The van der Waals surface area contributed by atoms with Crippen molar-refractivity contribution in [3.8, 4) is 0 Å². The summed E-state index contributed by atoms with van der Waals surface area (Å²) in [5, 5.41) is 12.4. The minimum Gasteiger partial charge on any atom is -0.379 e. The highest BCUT2D eigenvalue weighted by atomic mass is 19.1. The van der Waals surface area contributed by atoms with E-state index in [2.05, 4.69) is 0 Å². The second kappa shape index (κ2) is 6.32. The highest BCUT2D eigenvalue weighted by Crippen LogP contribution is 2.26. The van der Waals surface area contributed by atoms with Crippen LogP contribution >= 0.6 is 0 Å². The first-order valence-electron chi connectivity index (χ1n) is 7.71. The molecule has 2 heterocycles. The molecule has 22 heavy (non-hydrogen) atoms. The van der Waals surface area contributed by atoms with E-state index in [1.807, 2.05) is 0 Å². The number of nitrogens with zero attached hydrogens (tertiary/aromatic N) is 2. The first kappa shape index (κ1) is 15.4. The number of hydrogen-bond donors (Lipinski definition) is 1. The summed E-state index contributed by atoms with van der Waals surface area (Å²) >= 11 is 0. The van der Waals surface area contributed by atoms with Crippen molar-refractivity contribution in [2.45, 2.75) is 31.4 Å². The molecule has 0 saturated carbocycles. The lowest BCUT2D eigenvalue weighted by molar-refractivity contribution is -0.182. The van der Waals surface area contributed by atoms with E-state index in [0.717, 1.165) is 24.9 Å². The number of halogens is 1. The molecule has 1 atom stereocenters. The molecule has 1 amide bonds. The van der Waals surface area contributed by atoms with Crippen molar-refractivity contribution >= 4 is 5.91 Å². The minimum absolute atomic E-state index is 0.214. The third-order valence-electron chi connectivity index (χ3n) is 4.25. The van der Waals surface area contributed by atoms with Gasteiger partial charge in [-0.3, -0.25) is 9.63 Å². The number of amides is 1. The van der Waals surface area contributed by atoms with Crippen LogP contribution in [0.2, 0.25) is 0 Å². The fourth-order valence-electron chi connectivity index (χ4n) is 3.09. The van der Waals surface area contributed by atoms with Crippen molar-refractivity contribution in [2.75, 3.05) is 26.2 Å². The molecule has 2 fully saturated rings. The third kappa shape index (κ3) is 3.29. The van der Waals surface area contributed by atoms with Gasteiger partial charge in [-0.25, -0.2) is 4.39 Å². The summed E-state index contributed by atoms with van der Waals surface area (Å²) in [6.07, 6.45) is 2.12. The molecule has 5 nitrogen and oxygen atoms in total. The topological polar surface area (TPSA) is 53.0 Å². The van der Waals surface area contributed by atoms with E-state index in [9.17, 15) is 14.3 Å². The number of aliphatic hydroxyl groups is 1. The van der Waals surface area contributed by atoms with Gasteiger partial charge in [0, 0.05) is 19.6 Å². The van der Waals surface area contributed by atoms with Gasteiger partial charge in [0.25, 0.3) is 5.91 Å². The maximum absolute atomic E-state index is 13.0. The van der Waals surface area contributed by atoms with E-state index in [-0.39, 0.29) is 18.3 Å². The molecule has 3 rings (SSSR count). The van der Waals surface area contributed by atoms with Gasteiger partial charge in [-0.2, -0.15) is 5.06 Å².